The van der Waals surface area contributed by atoms with E-state index >= 15 is 0 Å². The zero-order chi connectivity index (χ0) is 18.5. The van der Waals surface area contributed by atoms with E-state index in [2.05, 4.69) is 31.2 Å². The maximum absolute atomic E-state index is 14.4. The molecule has 2 heteroatoms. The number of hydrogen-bond donors (Lipinski definition) is 0. The minimum Gasteiger partial charge on any atom is -0.203 e. The summed E-state index contributed by atoms with van der Waals surface area (Å²) < 4.78 is 28.6. The van der Waals surface area contributed by atoms with Gasteiger partial charge in [-0.05, 0) is 40.7 Å². The molecule has 0 fully saturated rings. The third-order valence-electron chi connectivity index (χ3n) is 4.70. The van der Waals surface area contributed by atoms with Crippen LogP contribution in [0.1, 0.15) is 37.8 Å². The second-order valence-corrected chi connectivity index (χ2v) is 6.67. The molecule has 0 spiro atoms. The minimum absolute atomic E-state index is 0.312. The average molecular weight is 350 g/mol. The first-order chi connectivity index (χ1) is 12.6. The van der Waals surface area contributed by atoms with Crippen LogP contribution in [0.2, 0.25) is 0 Å². The number of benzene rings is 3. The fourth-order valence-corrected chi connectivity index (χ4v) is 3.27. The van der Waals surface area contributed by atoms with Gasteiger partial charge in [0.05, 0.1) is 0 Å². The topological polar surface area (TPSA) is 0 Å². The van der Waals surface area contributed by atoms with E-state index in [0.717, 1.165) is 30.4 Å². The number of aryl methyl sites for hydroxylation is 2. The lowest BCUT2D eigenvalue weighted by molar-refractivity contribution is 0.500. The molecule has 0 radical (unpaired) electrons. The first-order valence-electron chi connectivity index (χ1n) is 9.30. The molecule has 3 aromatic carbocycles. The predicted molar refractivity (Wildman–Crippen MR) is 105 cm³/mol. The molecule has 0 atom stereocenters. The Kier molecular flexibility index (Phi) is 5.82. The van der Waals surface area contributed by atoms with E-state index in [0.29, 0.717) is 23.1 Å². The number of rotatable bonds is 6. The van der Waals surface area contributed by atoms with Crippen LogP contribution < -0.4 is 0 Å². The summed E-state index contributed by atoms with van der Waals surface area (Å²) in [5.74, 6) is -1.48. The van der Waals surface area contributed by atoms with Crippen molar-refractivity contribution in [3.63, 3.8) is 0 Å². The van der Waals surface area contributed by atoms with E-state index in [4.69, 9.17) is 0 Å². The Labute approximate surface area is 154 Å². The van der Waals surface area contributed by atoms with Gasteiger partial charge in [-0.15, -0.1) is 0 Å². The maximum atomic E-state index is 14.4. The second-order valence-electron chi connectivity index (χ2n) is 6.67. The zero-order valence-corrected chi connectivity index (χ0v) is 15.4. The van der Waals surface area contributed by atoms with E-state index in [1.54, 1.807) is 12.1 Å². The van der Waals surface area contributed by atoms with E-state index in [9.17, 15) is 8.78 Å². The lowest BCUT2D eigenvalue weighted by atomic mass is 9.97. The van der Waals surface area contributed by atoms with Crippen molar-refractivity contribution in [1.29, 1.82) is 0 Å². The standard InChI is InChI=1S/C24H24F2/c1-3-5-17-7-9-18(10-8-17)19-11-13-20(14-12-19)22-16-15-21(6-4-2)23(25)24(22)26/h7-16H,3-6H2,1-2H3. The molecule has 0 nitrogen and oxygen atoms in total. The largest absolute Gasteiger partial charge is 0.203 e. The molecule has 0 aliphatic carbocycles. The minimum atomic E-state index is -0.757. The van der Waals surface area contributed by atoms with Crippen molar-refractivity contribution in [3.8, 4) is 22.3 Å². The van der Waals surface area contributed by atoms with Crippen molar-refractivity contribution in [2.24, 2.45) is 0 Å². The fraction of sp³-hybridized carbons (Fsp3) is 0.250. The van der Waals surface area contributed by atoms with E-state index < -0.39 is 11.6 Å². The van der Waals surface area contributed by atoms with Gasteiger partial charge in [0, 0.05) is 5.56 Å². The Balaban J connectivity index is 1.87. The van der Waals surface area contributed by atoms with Gasteiger partial charge in [-0.2, -0.15) is 0 Å². The second kappa shape index (κ2) is 8.27. The highest BCUT2D eigenvalue weighted by atomic mass is 19.2. The summed E-state index contributed by atoms with van der Waals surface area (Å²) in [6.45, 7) is 4.13. The summed E-state index contributed by atoms with van der Waals surface area (Å²) in [7, 11) is 0. The Morgan fingerprint density at radius 3 is 1.69 bits per heavy atom. The van der Waals surface area contributed by atoms with Crippen molar-refractivity contribution in [2.75, 3.05) is 0 Å². The summed E-state index contributed by atoms with van der Waals surface area (Å²) in [4.78, 5) is 0. The molecule has 0 aliphatic heterocycles. The molecule has 0 saturated carbocycles. The Bertz CT molecular complexity index is 862. The van der Waals surface area contributed by atoms with Crippen molar-refractivity contribution in [1.82, 2.24) is 0 Å². The first kappa shape index (κ1) is 18.3. The Morgan fingerprint density at radius 1 is 0.577 bits per heavy atom. The number of hydrogen-bond acceptors (Lipinski definition) is 0. The van der Waals surface area contributed by atoms with Crippen LogP contribution >= 0.6 is 0 Å². The van der Waals surface area contributed by atoms with E-state index in [1.165, 1.54) is 5.56 Å². The summed E-state index contributed by atoms with van der Waals surface area (Å²) in [5, 5.41) is 0. The van der Waals surface area contributed by atoms with Gasteiger partial charge >= 0.3 is 0 Å². The van der Waals surface area contributed by atoms with Gasteiger partial charge in [0.25, 0.3) is 0 Å². The summed E-state index contributed by atoms with van der Waals surface area (Å²) in [5.41, 5.74) is 4.97. The molecule has 0 unspecified atom stereocenters. The molecular weight excluding hydrogens is 326 g/mol. The molecule has 3 rings (SSSR count). The van der Waals surface area contributed by atoms with Crippen LogP contribution in [-0.4, -0.2) is 0 Å². The average Bonchev–Trinajstić information content (AvgIpc) is 2.67. The van der Waals surface area contributed by atoms with Gasteiger partial charge in [-0.1, -0.05) is 87.4 Å². The van der Waals surface area contributed by atoms with Crippen LogP contribution in [0, 0.1) is 11.6 Å². The smallest absolute Gasteiger partial charge is 0.166 e. The highest BCUT2D eigenvalue weighted by molar-refractivity contribution is 5.71. The molecular formula is C24H24F2. The Hall–Kier alpha value is -2.48. The predicted octanol–water partition coefficient (Wildman–Crippen LogP) is 7.20. The summed E-state index contributed by atoms with van der Waals surface area (Å²) >= 11 is 0. The van der Waals surface area contributed by atoms with Crippen LogP contribution in [0.4, 0.5) is 8.78 Å². The van der Waals surface area contributed by atoms with Gasteiger partial charge in [-0.25, -0.2) is 8.78 Å². The van der Waals surface area contributed by atoms with Crippen LogP contribution in [0.3, 0.4) is 0 Å². The lowest BCUT2D eigenvalue weighted by Crippen LogP contribution is -1.97. The third-order valence-corrected chi connectivity index (χ3v) is 4.70. The molecule has 3 aromatic rings. The third kappa shape index (κ3) is 3.85. The van der Waals surface area contributed by atoms with Crippen LogP contribution in [-0.2, 0) is 12.8 Å². The highest BCUT2D eigenvalue weighted by Gasteiger charge is 2.14. The molecule has 134 valence electrons. The van der Waals surface area contributed by atoms with E-state index in [-0.39, 0.29) is 0 Å². The summed E-state index contributed by atoms with van der Waals surface area (Å²) in [6, 6.07) is 19.5. The SMILES string of the molecule is CCCc1ccc(-c2ccc(-c3ccc(CCC)c(F)c3F)cc2)cc1. The van der Waals surface area contributed by atoms with Crippen molar-refractivity contribution in [2.45, 2.75) is 39.5 Å². The summed E-state index contributed by atoms with van der Waals surface area (Å²) in [6.07, 6.45) is 3.56. The quantitative estimate of drug-likeness (QED) is 0.441. The molecule has 0 aliphatic rings. The van der Waals surface area contributed by atoms with Gasteiger partial charge in [-0.3, -0.25) is 0 Å². The zero-order valence-electron chi connectivity index (χ0n) is 15.4. The molecule has 0 saturated heterocycles. The molecule has 0 amide bonds. The first-order valence-corrected chi connectivity index (χ1v) is 9.30. The van der Waals surface area contributed by atoms with Crippen LogP contribution in [0.25, 0.3) is 22.3 Å². The fourth-order valence-electron chi connectivity index (χ4n) is 3.27. The van der Waals surface area contributed by atoms with Gasteiger partial charge in [0.1, 0.15) is 0 Å². The number of halogens is 2. The van der Waals surface area contributed by atoms with Gasteiger partial charge < -0.3 is 0 Å². The monoisotopic (exact) mass is 350 g/mol. The molecule has 0 bridgehead atoms. The van der Waals surface area contributed by atoms with Crippen molar-refractivity contribution in [3.05, 3.63) is 83.4 Å². The van der Waals surface area contributed by atoms with Crippen LogP contribution in [0.5, 0.6) is 0 Å². The lowest BCUT2D eigenvalue weighted by Gasteiger charge is -2.09. The normalized spacial score (nSPS) is 10.9. The molecule has 0 N–H and O–H groups in total. The Morgan fingerprint density at radius 2 is 1.12 bits per heavy atom. The van der Waals surface area contributed by atoms with E-state index in [1.807, 2.05) is 31.2 Å². The van der Waals surface area contributed by atoms with Crippen LogP contribution in [0.15, 0.2) is 60.7 Å². The van der Waals surface area contributed by atoms with Crippen molar-refractivity contribution < 1.29 is 8.78 Å². The molecule has 0 heterocycles. The van der Waals surface area contributed by atoms with Crippen molar-refractivity contribution >= 4 is 0 Å². The molecule has 0 aromatic heterocycles. The molecule has 26 heavy (non-hydrogen) atoms. The maximum Gasteiger partial charge on any atom is 0.166 e. The van der Waals surface area contributed by atoms with Gasteiger partial charge in [0.15, 0.2) is 11.6 Å². The van der Waals surface area contributed by atoms with Gasteiger partial charge in [0.2, 0.25) is 0 Å². The highest BCUT2D eigenvalue weighted by Crippen LogP contribution is 2.29.